The van der Waals surface area contributed by atoms with Crippen LogP contribution in [-0.4, -0.2) is 0 Å². The highest BCUT2D eigenvalue weighted by Crippen LogP contribution is 2.55. The molecule has 0 saturated carbocycles. The maximum absolute atomic E-state index is 6.30. The van der Waals surface area contributed by atoms with E-state index >= 15 is 0 Å². The van der Waals surface area contributed by atoms with E-state index in [1.165, 1.54) is 11.1 Å². The van der Waals surface area contributed by atoms with E-state index in [4.69, 9.17) is 4.74 Å². The lowest BCUT2D eigenvalue weighted by Gasteiger charge is -2.41. The predicted molar refractivity (Wildman–Crippen MR) is 120 cm³/mol. The SMILES string of the molecule is Brc1ccc(C2(c3ccc(Br)cc3)c3ccccc3Oc3ccccc32)cc1. The lowest BCUT2D eigenvalue weighted by Crippen LogP contribution is -2.34. The molecule has 0 bridgehead atoms. The van der Waals surface area contributed by atoms with Crippen LogP contribution in [-0.2, 0) is 5.41 Å². The van der Waals surface area contributed by atoms with E-state index in [1.807, 2.05) is 12.1 Å². The van der Waals surface area contributed by atoms with Crippen molar-refractivity contribution in [1.82, 2.24) is 0 Å². The van der Waals surface area contributed by atoms with Gasteiger partial charge in [0.15, 0.2) is 0 Å². The third-order valence-corrected chi connectivity index (χ3v) is 6.41. The molecule has 1 aliphatic rings. The van der Waals surface area contributed by atoms with Gasteiger partial charge in [0.2, 0.25) is 0 Å². The Morgan fingerprint density at radius 1 is 0.500 bits per heavy atom. The van der Waals surface area contributed by atoms with Gasteiger partial charge in [0.05, 0.1) is 5.41 Å². The van der Waals surface area contributed by atoms with Crippen LogP contribution in [0.2, 0.25) is 0 Å². The summed E-state index contributed by atoms with van der Waals surface area (Å²) in [5.41, 5.74) is 4.27. The van der Waals surface area contributed by atoms with E-state index in [-0.39, 0.29) is 0 Å². The fraction of sp³-hybridized carbons (Fsp3) is 0.0400. The average Bonchev–Trinajstić information content (AvgIpc) is 2.73. The molecule has 0 saturated heterocycles. The van der Waals surface area contributed by atoms with Crippen molar-refractivity contribution in [2.75, 3.05) is 0 Å². The van der Waals surface area contributed by atoms with Crippen LogP contribution in [0.3, 0.4) is 0 Å². The fourth-order valence-electron chi connectivity index (χ4n) is 4.18. The van der Waals surface area contributed by atoms with E-state index in [9.17, 15) is 0 Å². The fourth-order valence-corrected chi connectivity index (χ4v) is 4.71. The lowest BCUT2D eigenvalue weighted by atomic mass is 9.64. The highest BCUT2D eigenvalue weighted by molar-refractivity contribution is 9.10. The Balaban J connectivity index is 1.94. The maximum Gasteiger partial charge on any atom is 0.132 e. The van der Waals surface area contributed by atoms with E-state index in [0.29, 0.717) is 0 Å². The van der Waals surface area contributed by atoms with Crippen LogP contribution in [0.4, 0.5) is 0 Å². The van der Waals surface area contributed by atoms with Gasteiger partial charge in [0.1, 0.15) is 11.5 Å². The van der Waals surface area contributed by atoms with Crippen LogP contribution >= 0.6 is 31.9 Å². The summed E-state index contributed by atoms with van der Waals surface area (Å²) >= 11 is 7.17. The summed E-state index contributed by atoms with van der Waals surface area (Å²) in [5.74, 6) is 1.79. The smallest absolute Gasteiger partial charge is 0.132 e. The molecule has 1 aliphatic heterocycles. The molecule has 4 aromatic carbocycles. The number of fused-ring (bicyclic) bond motifs is 2. The molecule has 0 N–H and O–H groups in total. The van der Waals surface area contributed by atoms with Gasteiger partial charge in [0, 0.05) is 20.1 Å². The minimum absolute atomic E-state index is 0.452. The molecule has 0 fully saturated rings. The largest absolute Gasteiger partial charge is 0.457 e. The molecule has 4 aromatic rings. The van der Waals surface area contributed by atoms with Crippen molar-refractivity contribution < 1.29 is 4.74 Å². The van der Waals surface area contributed by atoms with Gasteiger partial charge in [-0.05, 0) is 47.5 Å². The van der Waals surface area contributed by atoms with Crippen molar-refractivity contribution >= 4 is 31.9 Å². The van der Waals surface area contributed by atoms with Crippen molar-refractivity contribution in [3.05, 3.63) is 128 Å². The highest BCUT2D eigenvalue weighted by Gasteiger charge is 2.44. The number of hydrogen-bond acceptors (Lipinski definition) is 1. The van der Waals surface area contributed by atoms with Crippen molar-refractivity contribution in [3.8, 4) is 11.5 Å². The van der Waals surface area contributed by atoms with Gasteiger partial charge in [-0.1, -0.05) is 92.5 Å². The quantitative estimate of drug-likeness (QED) is 0.246. The predicted octanol–water partition coefficient (Wildman–Crippen LogP) is 7.70. The molecule has 1 heterocycles. The summed E-state index contributed by atoms with van der Waals surface area (Å²) in [5, 5.41) is 0. The number of para-hydroxylation sites is 2. The lowest BCUT2D eigenvalue weighted by molar-refractivity contribution is 0.434. The summed E-state index contributed by atoms with van der Waals surface area (Å²) in [6.45, 7) is 0. The van der Waals surface area contributed by atoms with Gasteiger partial charge in [-0.2, -0.15) is 0 Å². The normalized spacial score (nSPS) is 13.9. The molecular formula is C25H16Br2O. The number of hydrogen-bond donors (Lipinski definition) is 0. The molecule has 0 unspecified atom stereocenters. The first-order valence-electron chi connectivity index (χ1n) is 9.08. The Kier molecular flexibility index (Phi) is 4.37. The molecule has 136 valence electrons. The van der Waals surface area contributed by atoms with Crippen molar-refractivity contribution in [1.29, 1.82) is 0 Å². The first kappa shape index (κ1) is 17.7. The zero-order valence-corrected chi connectivity index (χ0v) is 18.1. The second kappa shape index (κ2) is 6.91. The van der Waals surface area contributed by atoms with Gasteiger partial charge < -0.3 is 4.74 Å². The number of benzene rings is 4. The van der Waals surface area contributed by atoms with Crippen molar-refractivity contribution in [3.63, 3.8) is 0 Å². The van der Waals surface area contributed by atoms with Crippen LogP contribution in [0.5, 0.6) is 11.5 Å². The van der Waals surface area contributed by atoms with Crippen LogP contribution in [0.25, 0.3) is 0 Å². The van der Waals surface area contributed by atoms with E-state index in [1.54, 1.807) is 0 Å². The zero-order valence-electron chi connectivity index (χ0n) is 14.9. The van der Waals surface area contributed by atoms with Crippen LogP contribution in [0.1, 0.15) is 22.3 Å². The Labute approximate surface area is 181 Å². The number of halogens is 2. The van der Waals surface area contributed by atoms with E-state index in [2.05, 4.69) is 117 Å². The van der Waals surface area contributed by atoms with Crippen molar-refractivity contribution in [2.24, 2.45) is 0 Å². The monoisotopic (exact) mass is 490 g/mol. The summed E-state index contributed by atoms with van der Waals surface area (Å²) in [4.78, 5) is 0. The second-order valence-corrected chi connectivity index (χ2v) is 8.69. The molecule has 0 aromatic heterocycles. The second-order valence-electron chi connectivity index (χ2n) is 6.86. The molecule has 0 aliphatic carbocycles. The number of ether oxygens (including phenoxy) is 1. The van der Waals surface area contributed by atoms with Gasteiger partial charge in [-0.25, -0.2) is 0 Å². The molecule has 28 heavy (non-hydrogen) atoms. The Morgan fingerprint density at radius 3 is 1.32 bits per heavy atom. The van der Waals surface area contributed by atoms with Crippen molar-refractivity contribution in [2.45, 2.75) is 5.41 Å². The van der Waals surface area contributed by atoms with Crippen LogP contribution < -0.4 is 4.74 Å². The molecular weight excluding hydrogens is 476 g/mol. The molecule has 3 heteroatoms. The highest BCUT2D eigenvalue weighted by atomic mass is 79.9. The summed E-state index contributed by atoms with van der Waals surface area (Å²) in [6, 6.07) is 33.9. The summed E-state index contributed by atoms with van der Waals surface area (Å²) < 4.78 is 8.44. The summed E-state index contributed by atoms with van der Waals surface area (Å²) in [6.07, 6.45) is 0. The minimum atomic E-state index is -0.452. The van der Waals surface area contributed by atoms with Gasteiger partial charge in [0.25, 0.3) is 0 Å². The van der Waals surface area contributed by atoms with E-state index < -0.39 is 5.41 Å². The molecule has 5 rings (SSSR count). The summed E-state index contributed by atoms with van der Waals surface area (Å²) in [7, 11) is 0. The van der Waals surface area contributed by atoms with Gasteiger partial charge in [-0.15, -0.1) is 0 Å². The average molecular weight is 492 g/mol. The van der Waals surface area contributed by atoms with E-state index in [0.717, 1.165) is 31.6 Å². The first-order valence-corrected chi connectivity index (χ1v) is 10.7. The minimum Gasteiger partial charge on any atom is -0.457 e. The number of rotatable bonds is 2. The molecule has 0 amide bonds. The standard InChI is InChI=1S/C25H16Br2O/c26-19-13-9-17(10-14-19)25(18-11-15-20(27)16-12-18)21-5-1-3-7-23(21)28-24-8-4-2-6-22(24)25/h1-16H. The Morgan fingerprint density at radius 2 is 0.893 bits per heavy atom. The first-order chi connectivity index (χ1) is 13.7. The zero-order chi connectivity index (χ0) is 19.1. The topological polar surface area (TPSA) is 9.23 Å². The van der Waals surface area contributed by atoms with Gasteiger partial charge in [-0.3, -0.25) is 0 Å². The molecule has 1 nitrogen and oxygen atoms in total. The Bertz CT molecular complexity index is 1050. The van der Waals surface area contributed by atoms with Crippen LogP contribution in [0, 0.1) is 0 Å². The van der Waals surface area contributed by atoms with Crippen LogP contribution in [0.15, 0.2) is 106 Å². The molecule has 0 atom stereocenters. The maximum atomic E-state index is 6.30. The molecule has 0 spiro atoms. The Hall–Kier alpha value is -2.36. The van der Waals surface area contributed by atoms with Gasteiger partial charge >= 0.3 is 0 Å². The third-order valence-electron chi connectivity index (χ3n) is 5.36. The third kappa shape index (κ3) is 2.65. The molecule has 0 radical (unpaired) electrons.